The van der Waals surface area contributed by atoms with Crippen LogP contribution in [-0.4, -0.2) is 36.3 Å². The van der Waals surface area contributed by atoms with Crippen LogP contribution in [0.2, 0.25) is 5.02 Å². The van der Waals surface area contributed by atoms with Gasteiger partial charge in [0.25, 0.3) is 0 Å². The number of halogens is 1. The summed E-state index contributed by atoms with van der Waals surface area (Å²) in [5, 5.41) is 4.80. The summed E-state index contributed by atoms with van der Waals surface area (Å²) in [6.07, 6.45) is 4.79. The van der Waals surface area contributed by atoms with Crippen molar-refractivity contribution in [1.29, 1.82) is 0 Å². The van der Waals surface area contributed by atoms with E-state index in [-0.39, 0.29) is 6.10 Å². The van der Waals surface area contributed by atoms with Gasteiger partial charge >= 0.3 is 0 Å². The SMILES string of the molecule is COc1ncc(-c2ccnc3ccc(O[C@H]4CCNC4)cc23)cc1Cl. The fourth-order valence-electron chi connectivity index (χ4n) is 3.09. The third-order valence-corrected chi connectivity index (χ3v) is 4.61. The van der Waals surface area contributed by atoms with E-state index >= 15 is 0 Å². The molecule has 5 nitrogen and oxygen atoms in total. The van der Waals surface area contributed by atoms with Crippen molar-refractivity contribution in [3.63, 3.8) is 0 Å². The highest BCUT2D eigenvalue weighted by Crippen LogP contribution is 2.33. The van der Waals surface area contributed by atoms with E-state index in [2.05, 4.69) is 15.3 Å². The highest BCUT2D eigenvalue weighted by atomic mass is 35.5. The Morgan fingerprint density at radius 2 is 2.12 bits per heavy atom. The fourth-order valence-corrected chi connectivity index (χ4v) is 3.34. The van der Waals surface area contributed by atoms with E-state index in [0.717, 1.165) is 47.3 Å². The van der Waals surface area contributed by atoms with Crippen molar-refractivity contribution in [2.75, 3.05) is 20.2 Å². The first kappa shape index (κ1) is 16.1. The molecule has 0 radical (unpaired) electrons. The van der Waals surface area contributed by atoms with Crippen LogP contribution in [0.5, 0.6) is 11.6 Å². The predicted octanol–water partition coefficient (Wildman–Crippen LogP) is 3.70. The molecule has 3 aromatic rings. The Morgan fingerprint density at radius 3 is 2.88 bits per heavy atom. The van der Waals surface area contributed by atoms with Gasteiger partial charge in [-0.3, -0.25) is 4.98 Å². The molecule has 4 rings (SSSR count). The normalized spacial score (nSPS) is 17.0. The van der Waals surface area contributed by atoms with Crippen LogP contribution in [0.1, 0.15) is 6.42 Å². The van der Waals surface area contributed by atoms with Crippen molar-refractivity contribution in [2.24, 2.45) is 0 Å². The smallest absolute Gasteiger partial charge is 0.232 e. The molecular formula is C19H18ClN3O2. The zero-order chi connectivity index (χ0) is 17.2. The Kier molecular flexibility index (Phi) is 4.42. The van der Waals surface area contributed by atoms with Crippen LogP contribution < -0.4 is 14.8 Å². The molecule has 1 saturated heterocycles. The number of nitrogens with zero attached hydrogens (tertiary/aromatic N) is 2. The van der Waals surface area contributed by atoms with Gasteiger partial charge in [0, 0.05) is 29.9 Å². The number of ether oxygens (including phenoxy) is 2. The monoisotopic (exact) mass is 355 g/mol. The lowest BCUT2D eigenvalue weighted by Gasteiger charge is -2.14. The fraction of sp³-hybridized carbons (Fsp3) is 0.263. The van der Waals surface area contributed by atoms with E-state index in [4.69, 9.17) is 21.1 Å². The van der Waals surface area contributed by atoms with Crippen LogP contribution in [0, 0.1) is 0 Å². The van der Waals surface area contributed by atoms with Gasteiger partial charge in [-0.2, -0.15) is 0 Å². The van der Waals surface area contributed by atoms with Crippen molar-refractivity contribution in [3.05, 3.63) is 47.7 Å². The Balaban J connectivity index is 1.76. The molecule has 0 unspecified atom stereocenters. The van der Waals surface area contributed by atoms with Gasteiger partial charge in [-0.15, -0.1) is 0 Å². The molecule has 1 fully saturated rings. The number of pyridine rings is 2. The first-order chi connectivity index (χ1) is 12.2. The number of aromatic nitrogens is 2. The molecule has 1 aliphatic rings. The maximum Gasteiger partial charge on any atom is 0.232 e. The Labute approximate surface area is 151 Å². The average molecular weight is 356 g/mol. The van der Waals surface area contributed by atoms with E-state index in [1.807, 2.05) is 30.3 Å². The van der Waals surface area contributed by atoms with Crippen molar-refractivity contribution in [3.8, 4) is 22.8 Å². The molecule has 0 saturated carbocycles. The van der Waals surface area contributed by atoms with Gasteiger partial charge in [-0.25, -0.2) is 4.98 Å². The Hall–Kier alpha value is -2.37. The van der Waals surface area contributed by atoms with E-state index in [1.165, 1.54) is 0 Å². The summed E-state index contributed by atoms with van der Waals surface area (Å²) in [6, 6.07) is 9.81. The maximum absolute atomic E-state index is 6.24. The van der Waals surface area contributed by atoms with Crippen LogP contribution in [0.15, 0.2) is 42.7 Å². The molecule has 1 aliphatic heterocycles. The van der Waals surface area contributed by atoms with Gasteiger partial charge in [0.2, 0.25) is 5.88 Å². The summed E-state index contributed by atoms with van der Waals surface area (Å²) in [7, 11) is 1.55. The molecular weight excluding hydrogens is 338 g/mol. The lowest BCUT2D eigenvalue weighted by atomic mass is 10.0. The largest absolute Gasteiger partial charge is 0.489 e. The number of nitrogens with one attached hydrogen (secondary N) is 1. The number of fused-ring (bicyclic) bond motifs is 1. The Morgan fingerprint density at radius 1 is 1.20 bits per heavy atom. The first-order valence-corrected chi connectivity index (χ1v) is 8.58. The quantitative estimate of drug-likeness (QED) is 0.773. The molecule has 1 N–H and O–H groups in total. The molecule has 0 amide bonds. The maximum atomic E-state index is 6.24. The summed E-state index contributed by atoms with van der Waals surface area (Å²) < 4.78 is 11.2. The van der Waals surface area contributed by atoms with Gasteiger partial charge in [-0.1, -0.05) is 11.6 Å². The topological polar surface area (TPSA) is 56.3 Å². The zero-order valence-corrected chi connectivity index (χ0v) is 14.6. The van der Waals surface area contributed by atoms with Crippen LogP contribution in [0.25, 0.3) is 22.0 Å². The second-order valence-corrected chi connectivity index (χ2v) is 6.39. The number of hydrogen-bond acceptors (Lipinski definition) is 5. The highest BCUT2D eigenvalue weighted by Gasteiger charge is 2.16. The van der Waals surface area contributed by atoms with Crippen molar-refractivity contribution in [2.45, 2.75) is 12.5 Å². The summed E-state index contributed by atoms with van der Waals surface area (Å²) in [4.78, 5) is 8.72. The second-order valence-electron chi connectivity index (χ2n) is 5.99. The van der Waals surface area contributed by atoms with E-state index < -0.39 is 0 Å². The molecule has 6 heteroatoms. The number of hydrogen-bond donors (Lipinski definition) is 1. The van der Waals surface area contributed by atoms with Crippen LogP contribution in [-0.2, 0) is 0 Å². The lowest BCUT2D eigenvalue weighted by molar-refractivity contribution is 0.223. The molecule has 0 aliphatic carbocycles. The second kappa shape index (κ2) is 6.86. The molecule has 2 aromatic heterocycles. The van der Waals surface area contributed by atoms with E-state index in [0.29, 0.717) is 10.9 Å². The molecule has 3 heterocycles. The minimum Gasteiger partial charge on any atom is -0.489 e. The summed E-state index contributed by atoms with van der Waals surface area (Å²) in [6.45, 7) is 1.89. The molecule has 25 heavy (non-hydrogen) atoms. The summed E-state index contributed by atoms with van der Waals surface area (Å²) >= 11 is 6.24. The average Bonchev–Trinajstić information content (AvgIpc) is 3.14. The van der Waals surface area contributed by atoms with Gasteiger partial charge < -0.3 is 14.8 Å². The lowest BCUT2D eigenvalue weighted by Crippen LogP contribution is -2.19. The minimum atomic E-state index is 0.217. The molecule has 0 bridgehead atoms. The standard InChI is InChI=1S/C19H18ClN3O2/c1-24-19-17(20)8-12(10-23-19)15-5-7-22-18-3-2-13(9-16(15)18)25-14-4-6-21-11-14/h2-3,5,7-10,14,21H,4,6,11H2,1H3/t14-/m0/s1. The predicted molar refractivity (Wildman–Crippen MR) is 98.4 cm³/mol. The number of benzene rings is 1. The van der Waals surface area contributed by atoms with Crippen molar-refractivity contribution in [1.82, 2.24) is 15.3 Å². The van der Waals surface area contributed by atoms with Gasteiger partial charge in [0.05, 0.1) is 12.6 Å². The van der Waals surface area contributed by atoms with Crippen molar-refractivity contribution >= 4 is 22.5 Å². The van der Waals surface area contributed by atoms with E-state index in [9.17, 15) is 0 Å². The molecule has 1 aromatic carbocycles. The number of rotatable bonds is 4. The molecule has 128 valence electrons. The van der Waals surface area contributed by atoms with Crippen LogP contribution in [0.4, 0.5) is 0 Å². The third-order valence-electron chi connectivity index (χ3n) is 4.34. The van der Waals surface area contributed by atoms with Crippen molar-refractivity contribution < 1.29 is 9.47 Å². The molecule has 1 atom stereocenters. The first-order valence-electron chi connectivity index (χ1n) is 8.20. The zero-order valence-electron chi connectivity index (χ0n) is 13.8. The van der Waals surface area contributed by atoms with Gasteiger partial charge in [0.1, 0.15) is 16.9 Å². The van der Waals surface area contributed by atoms with Gasteiger partial charge in [0.15, 0.2) is 0 Å². The minimum absolute atomic E-state index is 0.217. The van der Waals surface area contributed by atoms with Crippen LogP contribution >= 0.6 is 11.6 Å². The summed E-state index contributed by atoms with van der Waals surface area (Å²) in [5.41, 5.74) is 2.83. The number of methoxy groups -OCH3 is 1. The molecule has 0 spiro atoms. The van der Waals surface area contributed by atoms with E-state index in [1.54, 1.807) is 19.5 Å². The van der Waals surface area contributed by atoms with Gasteiger partial charge in [-0.05, 0) is 48.9 Å². The Bertz CT molecular complexity index is 910. The van der Waals surface area contributed by atoms with Crippen LogP contribution in [0.3, 0.4) is 0 Å². The summed E-state index contributed by atoms with van der Waals surface area (Å²) in [5.74, 6) is 1.27. The highest BCUT2D eigenvalue weighted by molar-refractivity contribution is 6.32. The third kappa shape index (κ3) is 3.25.